The number of carbonyl (C=O) groups is 2. The first kappa shape index (κ1) is 29.4. The Morgan fingerprint density at radius 1 is 0.639 bits per heavy atom. The third kappa shape index (κ3) is 8.66. The van der Waals surface area contributed by atoms with Crippen molar-refractivity contribution in [2.24, 2.45) is 0 Å². The lowest BCUT2D eigenvalue weighted by Gasteiger charge is -2.36. The van der Waals surface area contributed by atoms with Crippen LogP contribution in [0, 0.1) is 0 Å². The summed E-state index contributed by atoms with van der Waals surface area (Å²) in [5, 5.41) is 42.7. The van der Waals surface area contributed by atoms with Crippen LogP contribution >= 0.6 is 0 Å². The normalized spacial score (nSPS) is 16.3. The highest BCUT2D eigenvalue weighted by molar-refractivity contribution is 5.75. The summed E-state index contributed by atoms with van der Waals surface area (Å²) >= 11 is 0. The third-order valence-electron chi connectivity index (χ3n) is 5.27. The van der Waals surface area contributed by atoms with Gasteiger partial charge in [0.25, 0.3) is 0 Å². The van der Waals surface area contributed by atoms with Crippen molar-refractivity contribution in [3.8, 4) is 0 Å². The van der Waals surface area contributed by atoms with Crippen molar-refractivity contribution in [3.63, 3.8) is 0 Å². The van der Waals surface area contributed by atoms with Crippen LogP contribution in [0.5, 0.6) is 0 Å². The fourth-order valence-electron chi connectivity index (χ4n) is 3.40. The number of hydrogen-bond donors (Lipinski definition) is 4. The molecular formula is C26H34O10. The number of carbonyl (C=O) groups excluding carboxylic acids is 2. The van der Waals surface area contributed by atoms with Crippen molar-refractivity contribution in [3.05, 3.63) is 71.8 Å². The minimum Gasteiger partial charge on any atom is -0.464 e. The fraction of sp³-hybridized carbons (Fsp3) is 0.462. The van der Waals surface area contributed by atoms with Gasteiger partial charge in [0.15, 0.2) is 12.2 Å². The van der Waals surface area contributed by atoms with E-state index < -0.39 is 48.6 Å². The second kappa shape index (κ2) is 15.3. The van der Waals surface area contributed by atoms with Crippen molar-refractivity contribution in [1.29, 1.82) is 0 Å². The van der Waals surface area contributed by atoms with Crippen LogP contribution in [0.25, 0.3) is 0 Å². The molecule has 0 heterocycles. The first-order chi connectivity index (χ1) is 17.3. The van der Waals surface area contributed by atoms with Crippen LogP contribution in [0.1, 0.15) is 25.0 Å². The molecule has 10 heteroatoms. The van der Waals surface area contributed by atoms with E-state index in [2.05, 4.69) is 0 Å². The zero-order valence-corrected chi connectivity index (χ0v) is 20.3. The zero-order valence-electron chi connectivity index (χ0n) is 20.3. The molecule has 36 heavy (non-hydrogen) atoms. The Morgan fingerprint density at radius 3 is 1.28 bits per heavy atom. The average molecular weight is 507 g/mol. The SMILES string of the molecule is CCOC(=O)[C@@H](O)[C@H](O)[C@H](OCc1ccccc1)[C@@H](OCc1ccccc1)[C@H](O)[C@@H](O)C(=O)OCC. The predicted octanol–water partition coefficient (Wildman–Crippen LogP) is 0.727. The molecular weight excluding hydrogens is 472 g/mol. The zero-order chi connectivity index (χ0) is 26.5. The molecule has 0 saturated carbocycles. The van der Waals surface area contributed by atoms with E-state index in [1.807, 2.05) is 0 Å². The largest absolute Gasteiger partial charge is 0.464 e. The number of ether oxygens (including phenoxy) is 4. The molecule has 6 atom stereocenters. The van der Waals surface area contributed by atoms with E-state index in [4.69, 9.17) is 18.9 Å². The highest BCUT2D eigenvalue weighted by Gasteiger charge is 2.45. The van der Waals surface area contributed by atoms with E-state index in [9.17, 15) is 30.0 Å². The van der Waals surface area contributed by atoms with Gasteiger partial charge in [0.05, 0.1) is 26.4 Å². The topological polar surface area (TPSA) is 152 Å². The van der Waals surface area contributed by atoms with E-state index in [0.29, 0.717) is 11.1 Å². The summed E-state index contributed by atoms with van der Waals surface area (Å²) in [4.78, 5) is 24.3. The molecule has 2 aromatic carbocycles. The van der Waals surface area contributed by atoms with Crippen LogP contribution in [0.3, 0.4) is 0 Å². The Hall–Kier alpha value is -2.86. The average Bonchev–Trinajstić information content (AvgIpc) is 2.90. The first-order valence-corrected chi connectivity index (χ1v) is 11.7. The Morgan fingerprint density at radius 2 is 0.972 bits per heavy atom. The van der Waals surface area contributed by atoms with Gasteiger partial charge in [0, 0.05) is 0 Å². The molecule has 2 aromatic rings. The van der Waals surface area contributed by atoms with Crippen molar-refractivity contribution >= 4 is 11.9 Å². The van der Waals surface area contributed by atoms with E-state index in [1.54, 1.807) is 60.7 Å². The van der Waals surface area contributed by atoms with Crippen LogP contribution in [-0.4, -0.2) is 82.2 Å². The smallest absolute Gasteiger partial charge is 0.337 e. The number of aliphatic hydroxyl groups is 4. The molecule has 198 valence electrons. The third-order valence-corrected chi connectivity index (χ3v) is 5.27. The molecule has 0 aliphatic rings. The van der Waals surface area contributed by atoms with Gasteiger partial charge in [-0.1, -0.05) is 60.7 Å². The maximum Gasteiger partial charge on any atom is 0.337 e. The molecule has 0 unspecified atom stereocenters. The fourth-order valence-corrected chi connectivity index (χ4v) is 3.40. The molecule has 2 rings (SSSR count). The van der Waals surface area contributed by atoms with Gasteiger partial charge < -0.3 is 39.4 Å². The van der Waals surface area contributed by atoms with Crippen molar-refractivity contribution in [1.82, 2.24) is 0 Å². The molecule has 0 aliphatic heterocycles. The molecule has 0 bridgehead atoms. The lowest BCUT2D eigenvalue weighted by molar-refractivity contribution is -0.208. The maximum absolute atomic E-state index is 12.1. The quantitative estimate of drug-likeness (QED) is 0.254. The minimum absolute atomic E-state index is 0.0454. The van der Waals surface area contributed by atoms with Crippen molar-refractivity contribution in [2.75, 3.05) is 13.2 Å². The monoisotopic (exact) mass is 506 g/mol. The Balaban J connectivity index is 2.39. The van der Waals surface area contributed by atoms with Crippen LogP contribution in [0.4, 0.5) is 0 Å². The van der Waals surface area contributed by atoms with Crippen LogP contribution in [0.2, 0.25) is 0 Å². The van der Waals surface area contributed by atoms with Crippen molar-refractivity contribution in [2.45, 2.75) is 63.7 Å². The second-order valence-electron chi connectivity index (χ2n) is 7.90. The summed E-state index contributed by atoms with van der Waals surface area (Å²) in [6.45, 7) is 2.76. The number of esters is 2. The standard InChI is InChI=1S/C26H34O10/c1-3-33-25(31)21(29)19(27)23(35-15-17-11-7-5-8-12-17)24(20(28)22(30)26(32)34-4-2)36-16-18-13-9-6-10-14-18/h5-14,19-24,27-30H,3-4,15-16H2,1-2H3/t19-,20+,21-,22+,23-,24-/m0/s1. The molecule has 4 N–H and O–H groups in total. The molecule has 0 aromatic heterocycles. The second-order valence-corrected chi connectivity index (χ2v) is 7.90. The Kier molecular flexibility index (Phi) is 12.5. The number of benzene rings is 2. The maximum atomic E-state index is 12.1. The summed E-state index contributed by atoms with van der Waals surface area (Å²) in [7, 11) is 0. The molecule has 0 aliphatic carbocycles. The lowest BCUT2D eigenvalue weighted by Crippen LogP contribution is -2.57. The van der Waals surface area contributed by atoms with Gasteiger partial charge in [0.1, 0.15) is 24.4 Å². The van der Waals surface area contributed by atoms with Crippen molar-refractivity contribution < 1.29 is 49.0 Å². The Labute approximate surface area is 210 Å². The molecule has 0 amide bonds. The summed E-state index contributed by atoms with van der Waals surface area (Å²) in [5.41, 5.74) is 1.37. The van der Waals surface area contributed by atoms with Gasteiger partial charge in [-0.15, -0.1) is 0 Å². The van der Waals surface area contributed by atoms with Gasteiger partial charge >= 0.3 is 11.9 Å². The van der Waals surface area contributed by atoms with E-state index in [1.165, 1.54) is 13.8 Å². The van der Waals surface area contributed by atoms with E-state index in [-0.39, 0.29) is 26.4 Å². The number of hydrogen-bond acceptors (Lipinski definition) is 10. The Bertz CT molecular complexity index is 832. The first-order valence-electron chi connectivity index (χ1n) is 11.7. The summed E-state index contributed by atoms with van der Waals surface area (Å²) < 4.78 is 21.3. The van der Waals surface area contributed by atoms with E-state index >= 15 is 0 Å². The molecule has 10 nitrogen and oxygen atoms in total. The minimum atomic E-state index is -2.06. The van der Waals surface area contributed by atoms with Gasteiger partial charge in [-0.25, -0.2) is 9.59 Å². The van der Waals surface area contributed by atoms with Gasteiger partial charge in [-0.05, 0) is 25.0 Å². The number of rotatable bonds is 15. The van der Waals surface area contributed by atoms with Crippen LogP contribution < -0.4 is 0 Å². The van der Waals surface area contributed by atoms with Gasteiger partial charge in [-0.3, -0.25) is 0 Å². The summed E-state index contributed by atoms with van der Waals surface area (Å²) in [6, 6.07) is 17.6. The molecule has 0 saturated heterocycles. The van der Waals surface area contributed by atoms with Gasteiger partial charge in [0.2, 0.25) is 0 Å². The lowest BCUT2D eigenvalue weighted by atomic mass is 9.95. The molecule has 0 fully saturated rings. The summed E-state index contributed by atoms with van der Waals surface area (Å²) in [5.74, 6) is -2.22. The predicted molar refractivity (Wildman–Crippen MR) is 127 cm³/mol. The molecule has 0 spiro atoms. The van der Waals surface area contributed by atoms with Crippen LogP contribution in [0.15, 0.2) is 60.7 Å². The molecule has 0 radical (unpaired) electrons. The van der Waals surface area contributed by atoms with Crippen LogP contribution in [-0.2, 0) is 41.8 Å². The highest BCUT2D eigenvalue weighted by atomic mass is 16.6. The number of aliphatic hydroxyl groups excluding tert-OH is 4. The highest BCUT2D eigenvalue weighted by Crippen LogP contribution is 2.22. The summed E-state index contributed by atoms with van der Waals surface area (Å²) in [6.07, 6.45) is -11.2. The van der Waals surface area contributed by atoms with E-state index in [0.717, 1.165) is 0 Å². The van der Waals surface area contributed by atoms with Gasteiger partial charge in [-0.2, -0.15) is 0 Å².